The van der Waals surface area contributed by atoms with Crippen LogP contribution in [0.2, 0.25) is 0 Å². The molecule has 0 fully saturated rings. The molecule has 33 heavy (non-hydrogen) atoms. The number of nitrogens with one attached hydrogen (secondary N) is 2. The lowest BCUT2D eigenvalue weighted by molar-refractivity contribution is 0.0317. The molecule has 180 valence electrons. The number of H-pyrrole nitrogens is 1. The lowest BCUT2D eigenvalue weighted by Gasteiger charge is -2.17. The molecular weight excluding hydrogens is 450 g/mol. The van der Waals surface area contributed by atoms with Gasteiger partial charge in [0, 0.05) is 37.6 Å². The predicted octanol–water partition coefficient (Wildman–Crippen LogP) is 1.92. The standard InChI is InChI=1S/C22H29N3O7S/c1-12-19(14(3)27)13(2)24-20(12)21(28)15(4)32-22(29)17-11-16(33(30,31)25(5)6)7-8-18(17)23-9-10-26/h7-8,11,15,23-24,26H,9-10H2,1-6H3. The van der Waals surface area contributed by atoms with Gasteiger partial charge in [-0.2, -0.15) is 0 Å². The summed E-state index contributed by atoms with van der Waals surface area (Å²) in [6, 6.07) is 3.88. The zero-order valence-electron chi connectivity index (χ0n) is 19.5. The highest BCUT2D eigenvalue weighted by Gasteiger charge is 2.28. The number of benzene rings is 1. The van der Waals surface area contributed by atoms with Gasteiger partial charge < -0.3 is 20.1 Å². The van der Waals surface area contributed by atoms with E-state index in [2.05, 4.69) is 10.3 Å². The van der Waals surface area contributed by atoms with Crippen LogP contribution in [0.5, 0.6) is 0 Å². The molecule has 0 aliphatic heterocycles. The van der Waals surface area contributed by atoms with Gasteiger partial charge in [-0.15, -0.1) is 0 Å². The molecule has 0 saturated carbocycles. The number of hydrogen-bond donors (Lipinski definition) is 3. The summed E-state index contributed by atoms with van der Waals surface area (Å²) in [6.45, 7) is 6.00. The Kier molecular flexibility index (Phi) is 8.17. The number of anilines is 1. The van der Waals surface area contributed by atoms with E-state index in [0.29, 0.717) is 16.8 Å². The van der Waals surface area contributed by atoms with Crippen molar-refractivity contribution in [3.05, 3.63) is 46.3 Å². The molecule has 1 atom stereocenters. The lowest BCUT2D eigenvalue weighted by Crippen LogP contribution is -2.26. The fraction of sp³-hybridized carbons (Fsp3) is 0.409. The summed E-state index contributed by atoms with van der Waals surface area (Å²) < 4.78 is 31.4. The number of aromatic amines is 1. The van der Waals surface area contributed by atoms with Crippen LogP contribution >= 0.6 is 0 Å². The fourth-order valence-corrected chi connectivity index (χ4v) is 4.34. The Balaban J connectivity index is 2.39. The first kappa shape index (κ1) is 26.2. The number of hydrogen-bond acceptors (Lipinski definition) is 8. The molecule has 10 nitrogen and oxygen atoms in total. The third-order valence-electron chi connectivity index (χ3n) is 5.11. The molecule has 2 rings (SSSR count). The molecule has 1 heterocycles. The largest absolute Gasteiger partial charge is 0.451 e. The smallest absolute Gasteiger partial charge is 0.341 e. The van der Waals surface area contributed by atoms with E-state index >= 15 is 0 Å². The maximum absolute atomic E-state index is 12.9. The second kappa shape index (κ2) is 10.3. The van der Waals surface area contributed by atoms with E-state index in [1.165, 1.54) is 40.1 Å². The number of ketones is 2. The molecule has 0 radical (unpaired) electrons. The van der Waals surface area contributed by atoms with Gasteiger partial charge in [0.1, 0.15) is 0 Å². The van der Waals surface area contributed by atoms with Crippen molar-refractivity contribution in [1.82, 2.24) is 9.29 Å². The molecule has 0 bridgehead atoms. The minimum atomic E-state index is -3.83. The second-order valence-electron chi connectivity index (χ2n) is 7.74. The highest BCUT2D eigenvalue weighted by atomic mass is 32.2. The summed E-state index contributed by atoms with van der Waals surface area (Å²) in [6.07, 6.45) is -1.21. The van der Waals surface area contributed by atoms with Gasteiger partial charge in [0.2, 0.25) is 15.8 Å². The lowest BCUT2D eigenvalue weighted by atomic mass is 10.0. The zero-order chi connectivity index (χ0) is 25.1. The Morgan fingerprint density at radius 3 is 2.36 bits per heavy atom. The van der Waals surface area contributed by atoms with Crippen LogP contribution < -0.4 is 5.32 Å². The Morgan fingerprint density at radius 2 is 1.85 bits per heavy atom. The van der Waals surface area contributed by atoms with E-state index in [9.17, 15) is 22.8 Å². The van der Waals surface area contributed by atoms with Crippen LogP contribution in [0, 0.1) is 13.8 Å². The third kappa shape index (κ3) is 5.49. The van der Waals surface area contributed by atoms with Crippen molar-refractivity contribution >= 4 is 33.2 Å². The zero-order valence-corrected chi connectivity index (χ0v) is 20.3. The van der Waals surface area contributed by atoms with Gasteiger partial charge in [-0.05, 0) is 51.5 Å². The summed E-state index contributed by atoms with van der Waals surface area (Å²) in [4.78, 5) is 40.5. The molecule has 2 aromatic rings. The molecule has 0 aliphatic carbocycles. The number of aryl methyl sites for hydroxylation is 1. The summed E-state index contributed by atoms with van der Waals surface area (Å²) in [5.41, 5.74) is 1.73. The van der Waals surface area contributed by atoms with Gasteiger partial charge in [-0.1, -0.05) is 0 Å². The van der Waals surface area contributed by atoms with Crippen LogP contribution in [-0.4, -0.2) is 73.7 Å². The van der Waals surface area contributed by atoms with Gasteiger partial charge in [0.15, 0.2) is 11.9 Å². The van der Waals surface area contributed by atoms with Crippen molar-refractivity contribution in [2.45, 2.75) is 38.7 Å². The average molecular weight is 480 g/mol. The fourth-order valence-electron chi connectivity index (χ4n) is 3.41. The van der Waals surface area contributed by atoms with Crippen molar-refractivity contribution in [3.63, 3.8) is 0 Å². The van der Waals surface area contributed by atoms with Crippen LogP contribution in [0.4, 0.5) is 5.69 Å². The Bertz CT molecular complexity index is 1180. The van der Waals surface area contributed by atoms with Crippen molar-refractivity contribution < 1.29 is 32.6 Å². The van der Waals surface area contributed by atoms with Crippen LogP contribution in [0.3, 0.4) is 0 Å². The molecule has 0 saturated heterocycles. The number of aliphatic hydroxyl groups excluding tert-OH is 1. The van der Waals surface area contributed by atoms with Crippen molar-refractivity contribution in [2.75, 3.05) is 32.6 Å². The van der Waals surface area contributed by atoms with E-state index in [4.69, 9.17) is 9.84 Å². The summed E-state index contributed by atoms with van der Waals surface area (Å²) in [7, 11) is -1.10. The van der Waals surface area contributed by atoms with Gasteiger partial charge in [0.25, 0.3) is 0 Å². The molecule has 3 N–H and O–H groups in total. The van der Waals surface area contributed by atoms with E-state index in [0.717, 1.165) is 10.4 Å². The van der Waals surface area contributed by atoms with E-state index in [1.807, 2.05) is 0 Å². The number of sulfonamides is 1. The normalized spacial score (nSPS) is 12.5. The first-order valence-electron chi connectivity index (χ1n) is 10.2. The number of rotatable bonds is 10. The van der Waals surface area contributed by atoms with Crippen LogP contribution in [-0.2, 0) is 14.8 Å². The highest BCUT2D eigenvalue weighted by molar-refractivity contribution is 7.89. The summed E-state index contributed by atoms with van der Waals surface area (Å²) >= 11 is 0. The van der Waals surface area contributed by atoms with E-state index < -0.39 is 27.9 Å². The molecule has 0 amide bonds. The van der Waals surface area contributed by atoms with Crippen LogP contribution in [0.25, 0.3) is 0 Å². The number of carbonyl (C=O) groups excluding carboxylic acids is 3. The van der Waals surface area contributed by atoms with Crippen LogP contribution in [0.1, 0.15) is 56.3 Å². The molecule has 1 unspecified atom stereocenters. The van der Waals surface area contributed by atoms with Gasteiger partial charge in [-0.25, -0.2) is 17.5 Å². The number of aromatic nitrogens is 1. The summed E-state index contributed by atoms with van der Waals surface area (Å²) in [5.74, 6) is -1.64. The molecule has 1 aromatic carbocycles. The Hall–Kier alpha value is -3.02. The molecule has 0 spiro atoms. The van der Waals surface area contributed by atoms with E-state index in [1.54, 1.807) is 13.8 Å². The van der Waals surface area contributed by atoms with E-state index in [-0.39, 0.29) is 40.8 Å². The van der Waals surface area contributed by atoms with Crippen molar-refractivity contribution in [1.29, 1.82) is 0 Å². The van der Waals surface area contributed by atoms with Gasteiger partial charge in [-0.3, -0.25) is 9.59 Å². The van der Waals surface area contributed by atoms with Crippen molar-refractivity contribution in [3.8, 4) is 0 Å². The topological polar surface area (TPSA) is 146 Å². The Morgan fingerprint density at radius 1 is 1.21 bits per heavy atom. The minimum Gasteiger partial charge on any atom is -0.451 e. The highest BCUT2D eigenvalue weighted by Crippen LogP contribution is 2.25. The molecular formula is C22H29N3O7S. The summed E-state index contributed by atoms with van der Waals surface area (Å²) in [5, 5.41) is 11.9. The Labute approximate surface area is 193 Å². The molecule has 11 heteroatoms. The number of carbonyl (C=O) groups is 3. The molecule has 0 aliphatic rings. The predicted molar refractivity (Wildman–Crippen MR) is 122 cm³/mol. The second-order valence-corrected chi connectivity index (χ2v) is 9.89. The number of esters is 1. The number of Topliss-reactive ketones (excluding diaryl/α,β-unsaturated/α-hetero) is 2. The monoisotopic (exact) mass is 479 g/mol. The third-order valence-corrected chi connectivity index (χ3v) is 6.92. The minimum absolute atomic E-state index is 0.102. The molecule has 1 aromatic heterocycles. The average Bonchev–Trinajstić information content (AvgIpc) is 3.05. The number of nitrogens with zero attached hydrogens (tertiary/aromatic N) is 1. The first-order valence-corrected chi connectivity index (χ1v) is 11.6. The maximum Gasteiger partial charge on any atom is 0.341 e. The quantitative estimate of drug-likeness (QED) is 0.346. The SMILES string of the molecule is CC(=O)c1c(C)[nH]c(C(=O)C(C)OC(=O)c2cc(S(=O)(=O)N(C)C)ccc2NCCO)c1C. The number of ether oxygens (including phenoxy) is 1. The number of aliphatic hydroxyl groups is 1. The van der Waals surface area contributed by atoms with Crippen molar-refractivity contribution in [2.24, 2.45) is 0 Å². The van der Waals surface area contributed by atoms with Gasteiger partial charge in [0.05, 0.1) is 22.8 Å². The maximum atomic E-state index is 12.9. The van der Waals surface area contributed by atoms with Crippen LogP contribution in [0.15, 0.2) is 23.1 Å². The van der Waals surface area contributed by atoms with Gasteiger partial charge >= 0.3 is 5.97 Å². The first-order chi connectivity index (χ1) is 15.3.